The fourth-order valence-corrected chi connectivity index (χ4v) is 3.62. The number of anilines is 1. The molecular weight excluding hydrogens is 502 g/mol. The molecule has 0 aliphatic heterocycles. The van der Waals surface area contributed by atoms with Gasteiger partial charge in [-0.3, -0.25) is 29.5 Å². The number of amides is 2. The molecule has 0 saturated carbocycles. The number of carbonyl (C=O) groups excluding carboxylic acids is 2. The van der Waals surface area contributed by atoms with E-state index in [1.54, 1.807) is 26.8 Å². The number of nitrogens with one attached hydrogen (secondary N) is 3. The Bertz CT molecular complexity index is 1510. The highest BCUT2D eigenvalue weighted by Gasteiger charge is 2.23. The minimum atomic E-state index is -1.34. The van der Waals surface area contributed by atoms with Crippen molar-refractivity contribution in [1.82, 2.24) is 20.3 Å². The maximum absolute atomic E-state index is 12.5. The summed E-state index contributed by atoms with van der Waals surface area (Å²) in [6, 6.07) is 3.21. The Morgan fingerprint density at radius 1 is 1.16 bits per heavy atom. The molecule has 0 spiro atoms. The van der Waals surface area contributed by atoms with Crippen LogP contribution in [-0.2, 0) is 14.4 Å². The summed E-state index contributed by atoms with van der Waals surface area (Å²) in [5, 5.41) is 23.0. The molecule has 0 bridgehead atoms. The van der Waals surface area contributed by atoms with Crippen molar-refractivity contribution >= 4 is 52.1 Å². The number of H-pyrrole nitrogens is 1. The topological polar surface area (TPSA) is 191 Å². The SMILES string of the molecule is CC(C)(C)C(=O)Nc1nc2ncc(C#Cc3ccc(C(=O)N[C@@H](CCC(=O)O)C(=O)O)s3)cc2c(=O)[nH]1. The summed E-state index contributed by atoms with van der Waals surface area (Å²) in [7, 11) is 0. The number of thiophene rings is 1. The third kappa shape index (κ3) is 7.21. The zero-order chi connectivity index (χ0) is 27.3. The van der Waals surface area contributed by atoms with Gasteiger partial charge in [-0.25, -0.2) is 9.78 Å². The Morgan fingerprint density at radius 2 is 1.89 bits per heavy atom. The number of aromatic nitrogens is 3. The van der Waals surface area contributed by atoms with Crippen LogP contribution in [0.1, 0.15) is 53.7 Å². The molecule has 0 radical (unpaired) electrons. The van der Waals surface area contributed by atoms with Gasteiger partial charge < -0.3 is 15.5 Å². The number of aromatic amines is 1. The standard InChI is InChI=1S/C24H23N5O7S/c1-24(2,3)22(36)29-23-27-18-14(19(32)28-23)10-12(11-25-18)4-5-13-6-8-16(37-13)20(33)26-15(21(34)35)7-9-17(30)31/h6,8,10-11,15H,7,9H2,1-3H3,(H,26,33)(H,30,31)(H,34,35)(H2,25,27,28,29,32,36)/t15-/m0/s1. The van der Waals surface area contributed by atoms with E-state index in [0.717, 1.165) is 11.3 Å². The number of aliphatic carboxylic acids is 2. The van der Waals surface area contributed by atoms with Gasteiger partial charge in [0.1, 0.15) is 6.04 Å². The summed E-state index contributed by atoms with van der Waals surface area (Å²) in [6.07, 6.45) is 0.767. The molecule has 13 heteroatoms. The Balaban J connectivity index is 1.75. The van der Waals surface area contributed by atoms with Crippen LogP contribution in [0.5, 0.6) is 0 Å². The minimum Gasteiger partial charge on any atom is -0.481 e. The second-order valence-electron chi connectivity index (χ2n) is 8.92. The van der Waals surface area contributed by atoms with Crippen LogP contribution in [-0.4, -0.2) is 55.0 Å². The van der Waals surface area contributed by atoms with E-state index in [0.29, 0.717) is 10.4 Å². The number of hydrogen-bond donors (Lipinski definition) is 5. The lowest BCUT2D eigenvalue weighted by Gasteiger charge is -2.16. The van der Waals surface area contributed by atoms with E-state index in [1.807, 2.05) is 0 Å². The number of carboxylic acids is 2. The smallest absolute Gasteiger partial charge is 0.326 e. The van der Waals surface area contributed by atoms with Gasteiger partial charge in [-0.2, -0.15) is 4.98 Å². The third-order valence-electron chi connectivity index (χ3n) is 4.88. The highest BCUT2D eigenvalue weighted by molar-refractivity contribution is 7.14. The van der Waals surface area contributed by atoms with Gasteiger partial charge in [0.05, 0.1) is 15.1 Å². The number of hydrogen-bond acceptors (Lipinski definition) is 8. The van der Waals surface area contributed by atoms with Crippen molar-refractivity contribution in [1.29, 1.82) is 0 Å². The number of fused-ring (bicyclic) bond motifs is 1. The van der Waals surface area contributed by atoms with E-state index in [2.05, 4.69) is 37.4 Å². The molecule has 192 valence electrons. The molecule has 3 aromatic heterocycles. The molecule has 0 saturated heterocycles. The van der Waals surface area contributed by atoms with Crippen molar-refractivity contribution in [3.63, 3.8) is 0 Å². The summed E-state index contributed by atoms with van der Waals surface area (Å²) in [4.78, 5) is 70.5. The van der Waals surface area contributed by atoms with Gasteiger partial charge >= 0.3 is 11.9 Å². The summed E-state index contributed by atoms with van der Waals surface area (Å²) in [6.45, 7) is 5.18. The lowest BCUT2D eigenvalue weighted by Crippen LogP contribution is -2.40. The second-order valence-corrected chi connectivity index (χ2v) is 10.0. The normalized spacial score (nSPS) is 11.8. The number of carboxylic acid groups (broad SMARTS) is 2. The lowest BCUT2D eigenvalue weighted by molar-refractivity contribution is -0.140. The zero-order valence-electron chi connectivity index (χ0n) is 20.0. The molecule has 1 atom stereocenters. The molecule has 2 amide bonds. The van der Waals surface area contributed by atoms with Crippen molar-refractivity contribution in [3.8, 4) is 11.8 Å². The molecule has 37 heavy (non-hydrogen) atoms. The first-order chi connectivity index (χ1) is 17.3. The van der Waals surface area contributed by atoms with Gasteiger partial charge in [0, 0.05) is 23.6 Å². The average molecular weight is 526 g/mol. The lowest BCUT2D eigenvalue weighted by atomic mass is 9.96. The molecule has 5 N–H and O–H groups in total. The molecule has 0 aliphatic rings. The number of pyridine rings is 1. The maximum atomic E-state index is 12.5. The highest BCUT2D eigenvalue weighted by Crippen LogP contribution is 2.17. The van der Waals surface area contributed by atoms with E-state index in [4.69, 9.17) is 5.11 Å². The molecule has 3 aromatic rings. The first-order valence-electron chi connectivity index (χ1n) is 10.9. The molecule has 0 unspecified atom stereocenters. The zero-order valence-corrected chi connectivity index (χ0v) is 20.9. The number of rotatable bonds is 7. The molecule has 0 aliphatic carbocycles. The van der Waals surface area contributed by atoms with E-state index in [1.165, 1.54) is 18.3 Å². The predicted octanol–water partition coefficient (Wildman–Crippen LogP) is 1.81. The van der Waals surface area contributed by atoms with Gasteiger partial charge in [-0.05, 0) is 24.6 Å². The van der Waals surface area contributed by atoms with Crippen molar-refractivity contribution in [3.05, 3.63) is 50.1 Å². The van der Waals surface area contributed by atoms with Gasteiger partial charge in [0.15, 0.2) is 5.65 Å². The molecule has 0 aromatic carbocycles. The fourth-order valence-electron chi connectivity index (χ4n) is 2.86. The molecule has 3 heterocycles. The average Bonchev–Trinajstić information content (AvgIpc) is 3.29. The van der Waals surface area contributed by atoms with Crippen molar-refractivity contribution in [2.75, 3.05) is 5.32 Å². The Morgan fingerprint density at radius 3 is 2.54 bits per heavy atom. The van der Waals surface area contributed by atoms with E-state index in [9.17, 15) is 29.1 Å². The Labute approximate surface area is 214 Å². The van der Waals surface area contributed by atoms with Crippen molar-refractivity contribution < 1.29 is 29.4 Å². The van der Waals surface area contributed by atoms with Crippen LogP contribution in [0, 0.1) is 17.3 Å². The second kappa shape index (κ2) is 11.0. The minimum absolute atomic E-state index is 0.0127. The van der Waals surface area contributed by atoms with Crippen molar-refractivity contribution in [2.45, 2.75) is 39.7 Å². The quantitative estimate of drug-likeness (QED) is 0.286. The number of carbonyl (C=O) groups is 4. The monoisotopic (exact) mass is 525 g/mol. The molecule has 0 fully saturated rings. The van der Waals surface area contributed by atoms with Gasteiger partial charge in [-0.1, -0.05) is 32.6 Å². The molecule has 3 rings (SSSR count). The van der Waals surface area contributed by atoms with E-state index >= 15 is 0 Å². The largest absolute Gasteiger partial charge is 0.481 e. The third-order valence-corrected chi connectivity index (χ3v) is 5.88. The summed E-state index contributed by atoms with van der Waals surface area (Å²) >= 11 is 1.02. The van der Waals surface area contributed by atoms with Crippen LogP contribution >= 0.6 is 11.3 Å². The van der Waals surface area contributed by atoms with Crippen molar-refractivity contribution in [2.24, 2.45) is 5.41 Å². The fraction of sp³-hybridized carbons (Fsp3) is 0.292. The van der Waals surface area contributed by atoms with Crippen LogP contribution in [0.3, 0.4) is 0 Å². The first kappa shape index (κ1) is 27.0. The molecular formula is C24H23N5O7S. The van der Waals surface area contributed by atoms with Gasteiger partial charge in [-0.15, -0.1) is 11.3 Å². The van der Waals surface area contributed by atoms with Gasteiger partial charge in [0.25, 0.3) is 11.5 Å². The van der Waals surface area contributed by atoms with Crippen LogP contribution in [0.15, 0.2) is 29.2 Å². The first-order valence-corrected chi connectivity index (χ1v) is 11.7. The Kier molecular flexibility index (Phi) is 8.04. The van der Waals surface area contributed by atoms with Gasteiger partial charge in [0.2, 0.25) is 11.9 Å². The van der Waals surface area contributed by atoms with E-state index < -0.39 is 41.3 Å². The van der Waals surface area contributed by atoms with Crippen LogP contribution in [0.2, 0.25) is 0 Å². The van der Waals surface area contributed by atoms with Crippen LogP contribution in [0.4, 0.5) is 5.95 Å². The summed E-state index contributed by atoms with van der Waals surface area (Å²) in [5.74, 6) is 2.22. The number of nitrogens with zero attached hydrogens (tertiary/aromatic N) is 2. The predicted molar refractivity (Wildman–Crippen MR) is 134 cm³/mol. The maximum Gasteiger partial charge on any atom is 0.326 e. The van der Waals surface area contributed by atoms with Crippen LogP contribution < -0.4 is 16.2 Å². The van der Waals surface area contributed by atoms with Crippen LogP contribution in [0.25, 0.3) is 11.0 Å². The van der Waals surface area contributed by atoms with E-state index in [-0.39, 0.29) is 34.2 Å². The summed E-state index contributed by atoms with van der Waals surface area (Å²) < 4.78 is 0. The highest BCUT2D eigenvalue weighted by atomic mass is 32.1. The Hall–Kier alpha value is -4.57. The molecule has 12 nitrogen and oxygen atoms in total. The summed E-state index contributed by atoms with van der Waals surface area (Å²) in [5.41, 5.74) is -0.646.